The van der Waals surface area contributed by atoms with Gasteiger partial charge >= 0.3 is 6.18 Å². The molecule has 1 aliphatic rings. The van der Waals surface area contributed by atoms with Gasteiger partial charge in [0.25, 0.3) is 0 Å². The Balaban J connectivity index is 2.55. The number of alkyl halides is 3. The van der Waals surface area contributed by atoms with E-state index < -0.39 is 23.4 Å². The first-order valence-corrected chi connectivity index (χ1v) is 6.40. The van der Waals surface area contributed by atoms with Crippen LogP contribution in [0.4, 0.5) is 13.2 Å². The normalized spacial score (nSPS) is 21.7. The average molecular weight is 274 g/mol. The Morgan fingerprint density at radius 1 is 1.32 bits per heavy atom. The molecule has 1 aliphatic heterocycles. The third-order valence-electron chi connectivity index (χ3n) is 3.88. The fourth-order valence-corrected chi connectivity index (χ4v) is 2.56. The van der Waals surface area contributed by atoms with Gasteiger partial charge in [0.05, 0.1) is 11.7 Å². The molecule has 0 amide bonds. The van der Waals surface area contributed by atoms with Crippen LogP contribution in [0.3, 0.4) is 0 Å². The van der Waals surface area contributed by atoms with Crippen molar-refractivity contribution in [2.45, 2.75) is 51.0 Å². The number of para-hydroxylation sites is 1. The Kier molecular flexibility index (Phi) is 3.51. The maximum Gasteiger partial charge on any atom is 0.419 e. The molecule has 1 N–H and O–H groups in total. The van der Waals surface area contributed by atoms with Crippen LogP contribution in [-0.2, 0) is 6.18 Å². The molecule has 0 spiro atoms. The number of benzene rings is 1. The van der Waals surface area contributed by atoms with Crippen LogP contribution in [0.5, 0.6) is 5.75 Å². The van der Waals surface area contributed by atoms with E-state index in [1.807, 2.05) is 13.8 Å². The molecule has 5 heteroatoms. The third-order valence-corrected chi connectivity index (χ3v) is 3.88. The number of ether oxygens (including phenoxy) is 1. The quantitative estimate of drug-likeness (QED) is 0.880. The van der Waals surface area contributed by atoms with Gasteiger partial charge in [-0.25, -0.2) is 0 Å². The van der Waals surface area contributed by atoms with E-state index in [0.717, 1.165) is 6.07 Å². The standard InChI is InChI=1S/C14H17F3O2/c1-3-13(4-2)8-11(18)9-6-5-7-10(12(9)19-13)14(15,16)17/h5-7,11,18H,3-4,8H2,1-2H3. The fraction of sp³-hybridized carbons (Fsp3) is 0.571. The Morgan fingerprint density at radius 2 is 1.95 bits per heavy atom. The molecule has 0 aromatic heterocycles. The number of aliphatic hydroxyl groups is 1. The lowest BCUT2D eigenvalue weighted by Gasteiger charge is -2.40. The summed E-state index contributed by atoms with van der Waals surface area (Å²) in [5, 5.41) is 10.1. The van der Waals surface area contributed by atoms with E-state index in [2.05, 4.69) is 0 Å². The summed E-state index contributed by atoms with van der Waals surface area (Å²) in [6.45, 7) is 3.72. The number of hydrogen-bond acceptors (Lipinski definition) is 2. The van der Waals surface area contributed by atoms with E-state index in [0.29, 0.717) is 19.3 Å². The van der Waals surface area contributed by atoms with E-state index in [1.165, 1.54) is 12.1 Å². The van der Waals surface area contributed by atoms with Crippen molar-refractivity contribution in [3.05, 3.63) is 29.3 Å². The summed E-state index contributed by atoms with van der Waals surface area (Å²) in [7, 11) is 0. The monoisotopic (exact) mass is 274 g/mol. The highest BCUT2D eigenvalue weighted by atomic mass is 19.4. The lowest BCUT2D eigenvalue weighted by molar-refractivity contribution is -0.141. The van der Waals surface area contributed by atoms with Gasteiger partial charge in [-0.1, -0.05) is 26.0 Å². The van der Waals surface area contributed by atoms with Crippen LogP contribution in [-0.4, -0.2) is 10.7 Å². The van der Waals surface area contributed by atoms with Crippen molar-refractivity contribution in [3.8, 4) is 5.75 Å². The second-order valence-corrected chi connectivity index (χ2v) is 4.93. The van der Waals surface area contributed by atoms with Gasteiger partial charge in [-0.05, 0) is 18.9 Å². The van der Waals surface area contributed by atoms with Crippen LogP contribution in [0, 0.1) is 0 Å². The SMILES string of the molecule is CCC1(CC)CC(O)c2cccc(C(F)(F)F)c2O1. The molecule has 0 saturated carbocycles. The summed E-state index contributed by atoms with van der Waals surface area (Å²) in [5.74, 6) is -0.211. The van der Waals surface area contributed by atoms with Crippen molar-refractivity contribution >= 4 is 0 Å². The summed E-state index contributed by atoms with van der Waals surface area (Å²) in [6, 6.07) is 3.79. The number of rotatable bonds is 2. The molecule has 0 saturated heterocycles. The minimum Gasteiger partial charge on any atom is -0.486 e. The van der Waals surface area contributed by atoms with Crippen molar-refractivity contribution in [1.29, 1.82) is 0 Å². The van der Waals surface area contributed by atoms with Crippen LogP contribution >= 0.6 is 0 Å². The highest BCUT2D eigenvalue weighted by Gasteiger charge is 2.43. The molecule has 1 atom stereocenters. The Hall–Kier alpha value is -1.23. The highest BCUT2D eigenvalue weighted by Crippen LogP contribution is 2.48. The second kappa shape index (κ2) is 4.71. The number of fused-ring (bicyclic) bond motifs is 1. The zero-order valence-corrected chi connectivity index (χ0v) is 10.9. The van der Waals surface area contributed by atoms with Crippen LogP contribution in [0.1, 0.15) is 50.3 Å². The Labute approximate surface area is 110 Å². The summed E-state index contributed by atoms with van der Waals surface area (Å²) in [4.78, 5) is 0. The first-order chi connectivity index (χ1) is 8.83. The van der Waals surface area contributed by atoms with Gasteiger partial charge in [0.2, 0.25) is 0 Å². The largest absolute Gasteiger partial charge is 0.486 e. The van der Waals surface area contributed by atoms with E-state index >= 15 is 0 Å². The highest BCUT2D eigenvalue weighted by molar-refractivity contribution is 5.46. The summed E-state index contributed by atoms with van der Waals surface area (Å²) >= 11 is 0. The zero-order valence-electron chi connectivity index (χ0n) is 10.9. The van der Waals surface area contributed by atoms with Crippen molar-refractivity contribution in [1.82, 2.24) is 0 Å². The van der Waals surface area contributed by atoms with E-state index in [1.54, 1.807) is 0 Å². The van der Waals surface area contributed by atoms with Crippen molar-refractivity contribution in [3.63, 3.8) is 0 Å². The Bertz CT molecular complexity index is 464. The van der Waals surface area contributed by atoms with E-state index in [9.17, 15) is 18.3 Å². The second-order valence-electron chi connectivity index (χ2n) is 4.93. The van der Waals surface area contributed by atoms with Gasteiger partial charge in [0.1, 0.15) is 11.4 Å². The van der Waals surface area contributed by atoms with E-state index in [4.69, 9.17) is 4.74 Å². The zero-order chi connectivity index (χ0) is 14.3. The van der Waals surface area contributed by atoms with Gasteiger partial charge in [-0.2, -0.15) is 13.2 Å². The molecule has 0 bridgehead atoms. The maximum absolute atomic E-state index is 13.0. The molecular weight excluding hydrogens is 257 g/mol. The van der Waals surface area contributed by atoms with E-state index in [-0.39, 0.29) is 11.3 Å². The molecule has 2 nitrogen and oxygen atoms in total. The molecule has 0 radical (unpaired) electrons. The summed E-state index contributed by atoms with van der Waals surface area (Å²) in [6.07, 6.45) is -3.94. The smallest absolute Gasteiger partial charge is 0.419 e. The topological polar surface area (TPSA) is 29.5 Å². The van der Waals surface area contributed by atoms with Gasteiger partial charge in [0, 0.05) is 12.0 Å². The molecule has 106 valence electrons. The average Bonchev–Trinajstić information content (AvgIpc) is 2.36. The maximum atomic E-state index is 13.0. The first kappa shape index (κ1) is 14.2. The Morgan fingerprint density at radius 3 is 2.47 bits per heavy atom. The van der Waals surface area contributed by atoms with Crippen LogP contribution < -0.4 is 4.74 Å². The predicted molar refractivity (Wildman–Crippen MR) is 65.0 cm³/mol. The summed E-state index contributed by atoms with van der Waals surface area (Å²) in [5.41, 5.74) is -1.30. The molecule has 1 unspecified atom stereocenters. The number of halogens is 3. The van der Waals surface area contributed by atoms with Gasteiger partial charge in [0.15, 0.2) is 0 Å². The van der Waals surface area contributed by atoms with Crippen molar-refractivity contribution in [2.24, 2.45) is 0 Å². The fourth-order valence-electron chi connectivity index (χ4n) is 2.56. The third kappa shape index (κ3) is 2.43. The van der Waals surface area contributed by atoms with Crippen molar-refractivity contribution < 1.29 is 23.0 Å². The predicted octanol–water partition coefficient (Wildman–Crippen LogP) is 4.08. The molecule has 0 fully saturated rings. The molecule has 2 rings (SSSR count). The van der Waals surface area contributed by atoms with Gasteiger partial charge < -0.3 is 9.84 Å². The lowest BCUT2D eigenvalue weighted by atomic mass is 9.84. The van der Waals surface area contributed by atoms with Crippen LogP contribution in [0.25, 0.3) is 0 Å². The molecule has 19 heavy (non-hydrogen) atoms. The van der Waals surface area contributed by atoms with Crippen LogP contribution in [0.2, 0.25) is 0 Å². The minimum atomic E-state index is -4.48. The molecule has 1 aromatic carbocycles. The minimum absolute atomic E-state index is 0.211. The van der Waals surface area contributed by atoms with Gasteiger partial charge in [-0.15, -0.1) is 0 Å². The molecule has 1 heterocycles. The molecule has 0 aliphatic carbocycles. The summed E-state index contributed by atoms with van der Waals surface area (Å²) < 4.78 is 44.7. The first-order valence-electron chi connectivity index (χ1n) is 6.40. The number of aliphatic hydroxyl groups excluding tert-OH is 1. The molecule has 1 aromatic rings. The lowest BCUT2D eigenvalue weighted by Crippen LogP contribution is -2.40. The number of hydrogen-bond donors (Lipinski definition) is 1. The van der Waals surface area contributed by atoms with Crippen molar-refractivity contribution in [2.75, 3.05) is 0 Å². The van der Waals surface area contributed by atoms with Gasteiger partial charge in [-0.3, -0.25) is 0 Å². The molecular formula is C14H17F3O2. The van der Waals surface area contributed by atoms with Crippen LogP contribution in [0.15, 0.2) is 18.2 Å².